The Kier molecular flexibility index (Phi) is 7.02. The van der Waals surface area contributed by atoms with Crippen molar-refractivity contribution in [3.8, 4) is 0 Å². The summed E-state index contributed by atoms with van der Waals surface area (Å²) in [5.41, 5.74) is 1.42. The van der Waals surface area contributed by atoms with Gasteiger partial charge in [0.1, 0.15) is 0 Å². The van der Waals surface area contributed by atoms with Crippen molar-refractivity contribution in [3.05, 3.63) is 52.5 Å². The number of thioether (sulfide) groups is 1. The van der Waals surface area contributed by atoms with Crippen LogP contribution >= 0.6 is 27.7 Å². The second kappa shape index (κ2) is 9.32. The first-order valence-corrected chi connectivity index (χ1v) is 12.4. The van der Waals surface area contributed by atoms with Gasteiger partial charge in [0.15, 0.2) is 9.84 Å². The molecule has 0 radical (unpaired) electrons. The third-order valence-corrected chi connectivity index (χ3v) is 7.75. The highest BCUT2D eigenvalue weighted by atomic mass is 79.9. The molecule has 0 aromatic heterocycles. The van der Waals surface area contributed by atoms with E-state index in [-0.39, 0.29) is 34.1 Å². The number of hydrogen-bond donors (Lipinski definition) is 2. The average Bonchev–Trinajstić information content (AvgIpc) is 2.80. The quantitative estimate of drug-likeness (QED) is 0.635. The lowest BCUT2D eigenvalue weighted by atomic mass is 10.2. The third-order valence-electron chi connectivity index (χ3n) is 4.36. The minimum absolute atomic E-state index is 0.103. The van der Waals surface area contributed by atoms with Crippen molar-refractivity contribution >= 4 is 55.0 Å². The van der Waals surface area contributed by atoms with Crippen LogP contribution in [0.1, 0.15) is 25.3 Å². The first kappa shape index (κ1) is 21.9. The van der Waals surface area contributed by atoms with Crippen molar-refractivity contribution in [2.24, 2.45) is 0 Å². The Morgan fingerprint density at radius 3 is 2.83 bits per heavy atom. The number of halogens is 1. The lowest BCUT2D eigenvalue weighted by Gasteiger charge is -2.11. The maximum atomic E-state index is 12.7. The van der Waals surface area contributed by atoms with E-state index in [1.807, 2.05) is 31.2 Å². The molecule has 2 aromatic carbocycles. The maximum absolute atomic E-state index is 12.7. The molecule has 2 amide bonds. The second-order valence-corrected chi connectivity index (χ2v) is 11.3. The highest BCUT2D eigenvalue weighted by Crippen LogP contribution is 2.36. The van der Waals surface area contributed by atoms with E-state index in [4.69, 9.17) is 0 Å². The molecule has 0 bridgehead atoms. The number of fused-ring (bicyclic) bond motifs is 1. The summed E-state index contributed by atoms with van der Waals surface area (Å²) in [5, 5.41) is 5.62. The van der Waals surface area contributed by atoms with Crippen molar-refractivity contribution < 1.29 is 18.0 Å². The number of benzene rings is 2. The maximum Gasteiger partial charge on any atom is 0.225 e. The molecule has 3 rings (SSSR count). The zero-order valence-corrected chi connectivity index (χ0v) is 19.0. The molecule has 154 valence electrons. The first-order chi connectivity index (χ1) is 13.7. The molecule has 2 N–H and O–H groups in total. The van der Waals surface area contributed by atoms with Gasteiger partial charge < -0.3 is 10.6 Å². The fraction of sp³-hybridized carbons (Fsp3) is 0.300. The lowest BCUT2D eigenvalue weighted by molar-refractivity contribution is -0.121. The van der Waals surface area contributed by atoms with Gasteiger partial charge in [-0.1, -0.05) is 35.0 Å². The highest BCUT2D eigenvalue weighted by molar-refractivity contribution is 9.10. The molecule has 1 atom stereocenters. The topological polar surface area (TPSA) is 92.3 Å². The molecule has 29 heavy (non-hydrogen) atoms. The van der Waals surface area contributed by atoms with Crippen LogP contribution in [0.4, 0.5) is 5.69 Å². The van der Waals surface area contributed by atoms with Crippen molar-refractivity contribution in [3.63, 3.8) is 0 Å². The molecule has 6 nitrogen and oxygen atoms in total. The molecular formula is C20H21BrN2O4S2. The van der Waals surface area contributed by atoms with Crippen LogP contribution in [0.3, 0.4) is 0 Å². The number of anilines is 1. The number of amides is 2. The Morgan fingerprint density at radius 2 is 2.07 bits per heavy atom. The summed E-state index contributed by atoms with van der Waals surface area (Å²) in [6.45, 7) is 2.29. The second-order valence-electron chi connectivity index (χ2n) is 6.81. The number of carbonyl (C=O) groups is 2. The van der Waals surface area contributed by atoms with Crippen molar-refractivity contribution in [1.82, 2.24) is 5.32 Å². The lowest BCUT2D eigenvalue weighted by Crippen LogP contribution is -2.25. The smallest absolute Gasteiger partial charge is 0.225 e. The summed E-state index contributed by atoms with van der Waals surface area (Å²) in [7, 11) is -3.65. The van der Waals surface area contributed by atoms with E-state index in [0.717, 1.165) is 14.9 Å². The van der Waals surface area contributed by atoms with E-state index in [9.17, 15) is 18.0 Å². The minimum Gasteiger partial charge on any atom is -0.352 e. The van der Waals surface area contributed by atoms with Gasteiger partial charge >= 0.3 is 0 Å². The molecule has 2 aromatic rings. The summed E-state index contributed by atoms with van der Waals surface area (Å²) < 4.78 is 26.2. The fourth-order valence-corrected chi connectivity index (χ4v) is 5.67. The third kappa shape index (κ3) is 6.07. The van der Waals surface area contributed by atoms with Crippen LogP contribution in [0.2, 0.25) is 0 Å². The number of hydrogen-bond acceptors (Lipinski definition) is 5. The molecule has 0 aliphatic carbocycles. The highest BCUT2D eigenvalue weighted by Gasteiger charge is 2.22. The van der Waals surface area contributed by atoms with Crippen LogP contribution in [-0.2, 0) is 26.0 Å². The Balaban J connectivity index is 1.62. The Bertz CT molecular complexity index is 1040. The summed E-state index contributed by atoms with van der Waals surface area (Å²) >= 11 is 4.90. The molecule has 0 saturated heterocycles. The summed E-state index contributed by atoms with van der Waals surface area (Å²) in [4.78, 5) is 24.9. The van der Waals surface area contributed by atoms with Crippen molar-refractivity contribution in [2.45, 2.75) is 41.4 Å². The normalized spacial score (nSPS) is 16.5. The summed E-state index contributed by atoms with van der Waals surface area (Å²) in [5.74, 6) is -0.764. The molecule has 1 aliphatic heterocycles. The van der Waals surface area contributed by atoms with E-state index < -0.39 is 9.84 Å². The zero-order chi connectivity index (χ0) is 21.0. The minimum atomic E-state index is -3.65. The number of carbonyl (C=O) groups excluding carboxylic acids is 2. The largest absolute Gasteiger partial charge is 0.352 e. The monoisotopic (exact) mass is 496 g/mol. The predicted molar refractivity (Wildman–Crippen MR) is 118 cm³/mol. The van der Waals surface area contributed by atoms with E-state index in [2.05, 4.69) is 26.6 Å². The zero-order valence-electron chi connectivity index (χ0n) is 15.8. The molecular weight excluding hydrogens is 476 g/mol. The van der Waals surface area contributed by atoms with Crippen LogP contribution in [0.15, 0.2) is 56.7 Å². The summed E-state index contributed by atoms with van der Waals surface area (Å²) in [6, 6.07) is 12.2. The van der Waals surface area contributed by atoms with Crippen LogP contribution in [0.5, 0.6) is 0 Å². The van der Waals surface area contributed by atoms with E-state index >= 15 is 0 Å². The molecule has 0 saturated carbocycles. The Morgan fingerprint density at radius 1 is 1.28 bits per heavy atom. The van der Waals surface area contributed by atoms with E-state index in [0.29, 0.717) is 18.7 Å². The van der Waals surface area contributed by atoms with Gasteiger partial charge in [0.25, 0.3) is 0 Å². The van der Waals surface area contributed by atoms with Gasteiger partial charge in [-0.25, -0.2) is 8.42 Å². The van der Waals surface area contributed by atoms with E-state index in [1.165, 1.54) is 23.9 Å². The predicted octanol–water partition coefficient (Wildman–Crippen LogP) is 3.75. The molecule has 1 unspecified atom stereocenters. The van der Waals surface area contributed by atoms with Crippen LogP contribution in [0.25, 0.3) is 0 Å². The van der Waals surface area contributed by atoms with Crippen LogP contribution in [0, 0.1) is 0 Å². The van der Waals surface area contributed by atoms with Crippen molar-refractivity contribution in [1.29, 1.82) is 0 Å². The van der Waals surface area contributed by atoms with Gasteiger partial charge in [-0.05, 0) is 35.9 Å². The van der Waals surface area contributed by atoms with Crippen molar-refractivity contribution in [2.75, 3.05) is 11.1 Å². The Labute approximate surface area is 182 Å². The number of rotatable bonds is 6. The van der Waals surface area contributed by atoms with Gasteiger partial charge in [-0.2, -0.15) is 0 Å². The molecule has 0 spiro atoms. The Hall–Kier alpha value is -1.84. The van der Waals surface area contributed by atoms with E-state index in [1.54, 1.807) is 6.07 Å². The van der Waals surface area contributed by atoms with Gasteiger partial charge in [-0.15, -0.1) is 11.8 Å². The number of nitrogens with one attached hydrogen (secondary N) is 2. The summed E-state index contributed by atoms with van der Waals surface area (Å²) in [6.07, 6.45) is 0.241. The molecule has 9 heteroatoms. The van der Waals surface area contributed by atoms with Crippen LogP contribution in [-0.4, -0.2) is 31.2 Å². The van der Waals surface area contributed by atoms with Gasteiger partial charge in [-0.3, -0.25) is 9.59 Å². The van der Waals surface area contributed by atoms with Gasteiger partial charge in [0.05, 0.1) is 16.3 Å². The van der Waals surface area contributed by atoms with Crippen LogP contribution < -0.4 is 10.6 Å². The van der Waals surface area contributed by atoms with Gasteiger partial charge in [0, 0.05) is 34.0 Å². The van der Waals surface area contributed by atoms with Gasteiger partial charge in [0.2, 0.25) is 11.8 Å². The number of sulfone groups is 1. The fourth-order valence-electron chi connectivity index (χ4n) is 2.90. The SMILES string of the molecule is CC1CC(=O)Nc2cc(S(=O)(=O)CCC(=O)NCc3cccc(Br)c3)ccc2S1. The molecule has 1 heterocycles. The average molecular weight is 497 g/mol. The molecule has 1 aliphatic rings. The first-order valence-electron chi connectivity index (χ1n) is 9.07. The molecule has 0 fully saturated rings. The standard InChI is InChI=1S/C20H21BrN2O4S2/c1-13-9-20(25)23-17-11-16(5-6-18(17)28-13)29(26,27)8-7-19(24)22-12-14-3-2-4-15(21)10-14/h2-6,10-11,13H,7-9,12H2,1H3,(H,22,24)(H,23,25).